The zero-order valence-electron chi connectivity index (χ0n) is 38.8. The fourth-order valence-electron chi connectivity index (χ4n) is 9.06. The minimum absolute atomic E-state index is 0.728. The molecule has 0 aromatic carbocycles. The Bertz CT molecular complexity index is 1730. The van der Waals surface area contributed by atoms with Gasteiger partial charge < -0.3 is 150 Å². The highest BCUT2D eigenvalue weighted by Gasteiger charge is 2.57. The Balaban J connectivity index is 1.26. The Kier molecular flexibility index (Phi) is 20.8. The minimum atomic E-state index is -2.23. The van der Waals surface area contributed by atoms with Crippen LogP contribution in [0.2, 0.25) is 0 Å². The van der Waals surface area contributed by atoms with E-state index < -0.39 is 229 Å². The van der Waals surface area contributed by atoms with Crippen LogP contribution in [0.1, 0.15) is 20.8 Å². The quantitative estimate of drug-likeness (QED) is 0.0643. The molecule has 418 valence electrons. The van der Waals surface area contributed by atoms with Gasteiger partial charge in [0.05, 0.1) is 39.1 Å². The normalized spacial score (nSPS) is 50.3. The molecule has 6 fully saturated rings. The Morgan fingerprint density at radius 3 is 1.35 bits per heavy atom. The molecular weight excluding hydrogens is 988 g/mol. The maximum Gasteiger partial charge on any atom is 0.217 e. The molecule has 30 atom stereocenters. The van der Waals surface area contributed by atoms with Gasteiger partial charge in [0, 0.05) is 13.8 Å². The zero-order chi connectivity index (χ0) is 53.2. The molecule has 0 radical (unpaired) electrons. The number of ether oxygens (including phenoxy) is 11. The van der Waals surface area contributed by atoms with Gasteiger partial charge in [0.2, 0.25) is 11.8 Å². The number of hydrogen-bond donors (Lipinski definition) is 19. The molecule has 19 N–H and O–H groups in total. The molecule has 0 spiro atoms. The third-order valence-electron chi connectivity index (χ3n) is 13.2. The van der Waals surface area contributed by atoms with Crippen molar-refractivity contribution in [3.8, 4) is 0 Å². The Labute approximate surface area is 408 Å². The molecule has 0 saturated carbocycles. The van der Waals surface area contributed by atoms with E-state index in [9.17, 15) is 96.4 Å². The summed E-state index contributed by atoms with van der Waals surface area (Å²) in [4.78, 5) is 24.8. The van der Waals surface area contributed by atoms with Crippen molar-refractivity contribution < 1.29 is 149 Å². The number of carbonyl (C=O) groups excluding carboxylic acids is 2. The van der Waals surface area contributed by atoms with Gasteiger partial charge in [-0.05, 0) is 6.92 Å². The third-order valence-corrected chi connectivity index (χ3v) is 13.2. The van der Waals surface area contributed by atoms with Crippen molar-refractivity contribution in [2.75, 3.05) is 33.0 Å². The van der Waals surface area contributed by atoms with Crippen molar-refractivity contribution in [3.05, 3.63) is 0 Å². The summed E-state index contributed by atoms with van der Waals surface area (Å²) >= 11 is 0. The van der Waals surface area contributed by atoms with Crippen molar-refractivity contribution >= 4 is 11.8 Å². The highest BCUT2D eigenvalue weighted by Crippen LogP contribution is 2.36. The van der Waals surface area contributed by atoms with E-state index in [4.69, 9.17) is 52.1 Å². The first kappa shape index (κ1) is 59.1. The van der Waals surface area contributed by atoms with Crippen LogP contribution in [0, 0.1) is 0 Å². The van der Waals surface area contributed by atoms with E-state index in [1.807, 2.05) is 0 Å². The van der Waals surface area contributed by atoms with Crippen LogP contribution in [-0.2, 0) is 61.7 Å². The van der Waals surface area contributed by atoms with Crippen LogP contribution in [0.5, 0.6) is 0 Å². The molecule has 32 nitrogen and oxygen atoms in total. The van der Waals surface area contributed by atoms with E-state index in [-0.39, 0.29) is 0 Å². The largest absolute Gasteiger partial charge is 0.394 e. The number of nitrogens with one attached hydrogen (secondary N) is 2. The molecule has 1 unspecified atom stereocenters. The highest BCUT2D eigenvalue weighted by atomic mass is 16.8. The molecule has 72 heavy (non-hydrogen) atoms. The topological polar surface area (TPSA) is 504 Å². The van der Waals surface area contributed by atoms with E-state index in [1.165, 1.54) is 6.92 Å². The van der Waals surface area contributed by atoms with Gasteiger partial charge in [-0.2, -0.15) is 0 Å². The van der Waals surface area contributed by atoms with Crippen molar-refractivity contribution in [2.24, 2.45) is 0 Å². The van der Waals surface area contributed by atoms with Crippen LogP contribution < -0.4 is 10.6 Å². The third kappa shape index (κ3) is 12.8. The molecule has 6 heterocycles. The molecule has 6 saturated heterocycles. The van der Waals surface area contributed by atoms with Gasteiger partial charge in [0.25, 0.3) is 0 Å². The van der Waals surface area contributed by atoms with Crippen molar-refractivity contribution in [1.29, 1.82) is 0 Å². The van der Waals surface area contributed by atoms with E-state index in [0.29, 0.717) is 0 Å². The lowest BCUT2D eigenvalue weighted by molar-refractivity contribution is -0.384. The summed E-state index contributed by atoms with van der Waals surface area (Å²) in [5, 5.41) is 186. The Morgan fingerprint density at radius 1 is 0.389 bits per heavy atom. The van der Waals surface area contributed by atoms with Gasteiger partial charge in [-0.15, -0.1) is 0 Å². The second kappa shape index (κ2) is 25.3. The fourth-order valence-corrected chi connectivity index (χ4v) is 9.06. The van der Waals surface area contributed by atoms with Crippen LogP contribution in [0.4, 0.5) is 0 Å². The van der Waals surface area contributed by atoms with Crippen molar-refractivity contribution in [2.45, 2.75) is 205 Å². The fraction of sp³-hybridized carbons (Fsp3) is 0.950. The van der Waals surface area contributed by atoms with Gasteiger partial charge >= 0.3 is 0 Å². The summed E-state index contributed by atoms with van der Waals surface area (Å²) in [6.45, 7) is -1.00. The summed E-state index contributed by atoms with van der Waals surface area (Å²) in [5.74, 6) is -1.60. The van der Waals surface area contributed by atoms with E-state index >= 15 is 0 Å². The van der Waals surface area contributed by atoms with Gasteiger partial charge in [0.1, 0.15) is 140 Å². The number of aliphatic hydroxyl groups excluding tert-OH is 17. The zero-order valence-corrected chi connectivity index (χ0v) is 38.8. The number of rotatable bonds is 17. The summed E-state index contributed by atoms with van der Waals surface area (Å²) < 4.78 is 62.8. The first-order valence-electron chi connectivity index (χ1n) is 23.0. The van der Waals surface area contributed by atoms with Crippen LogP contribution in [0.3, 0.4) is 0 Å². The first-order chi connectivity index (χ1) is 33.9. The van der Waals surface area contributed by atoms with Crippen LogP contribution in [0.25, 0.3) is 0 Å². The molecular formula is C40H68N2O30. The second-order valence-corrected chi connectivity index (χ2v) is 18.3. The molecule has 0 aromatic heterocycles. The van der Waals surface area contributed by atoms with E-state index in [2.05, 4.69) is 10.6 Å². The van der Waals surface area contributed by atoms with E-state index in [1.54, 1.807) is 0 Å². The average molecular weight is 1060 g/mol. The van der Waals surface area contributed by atoms with E-state index in [0.717, 1.165) is 13.8 Å². The van der Waals surface area contributed by atoms with Gasteiger partial charge in [0.15, 0.2) is 37.7 Å². The molecule has 32 heteroatoms. The number of aliphatic hydroxyl groups is 17. The number of hydrogen-bond acceptors (Lipinski definition) is 30. The predicted molar refractivity (Wildman–Crippen MR) is 221 cm³/mol. The average Bonchev–Trinajstić information content (AvgIpc) is 3.34. The van der Waals surface area contributed by atoms with Gasteiger partial charge in [-0.3, -0.25) is 9.59 Å². The first-order valence-corrected chi connectivity index (χ1v) is 23.0. The summed E-state index contributed by atoms with van der Waals surface area (Å²) in [6, 6.07) is -3.40. The number of amides is 2. The maximum absolute atomic E-state index is 12.7. The molecule has 0 aliphatic carbocycles. The van der Waals surface area contributed by atoms with Crippen LogP contribution in [0.15, 0.2) is 0 Å². The maximum atomic E-state index is 12.7. The lowest BCUT2D eigenvalue weighted by atomic mass is 9.94. The Morgan fingerprint density at radius 2 is 0.792 bits per heavy atom. The molecule has 0 aromatic rings. The Hall–Kier alpha value is -2.18. The standard InChI is InChI=1S/C40H68N2O30/c1-9-19(48)25(54)28(57)37(64-9)63-8-16-33(23(52)17(35(61)65-16)41-10(2)46)70-36-18(42-11(3)47)24(53)32(14(6-45)68-36)71-40-31(60)34(72-39-30(59)27(56)21(50)13(5-44)67-39)22(51)15(69-40)7-62-38-29(58)26(55)20(49)12(4-43)66-38/h9,12-40,43-45,48-61H,4-8H2,1-3H3,(H,41,46)(H,42,47)/t9-,12+,13+,14-,15+,16-,17-,18-,19+,20+,21+,22+,23-,24-,25+,26-,27-,28-,29-,30-,31-,32-,33-,34-,35?,36+,37+,38-,39+,40-/m1/s1. The lowest BCUT2D eigenvalue weighted by Crippen LogP contribution is -2.70. The van der Waals surface area contributed by atoms with Crippen LogP contribution in [-0.4, -0.2) is 316 Å². The monoisotopic (exact) mass is 1060 g/mol. The minimum Gasteiger partial charge on any atom is -0.394 e. The van der Waals surface area contributed by atoms with Gasteiger partial charge in [-0.25, -0.2) is 0 Å². The molecule has 0 bridgehead atoms. The lowest BCUT2D eigenvalue weighted by Gasteiger charge is -2.50. The van der Waals surface area contributed by atoms with Crippen LogP contribution >= 0.6 is 0 Å². The second-order valence-electron chi connectivity index (χ2n) is 18.3. The predicted octanol–water partition coefficient (Wildman–Crippen LogP) is -12.8. The van der Waals surface area contributed by atoms with Crippen molar-refractivity contribution in [3.63, 3.8) is 0 Å². The number of carbonyl (C=O) groups is 2. The summed E-state index contributed by atoms with van der Waals surface area (Å²) in [5.41, 5.74) is 0. The smallest absolute Gasteiger partial charge is 0.217 e. The van der Waals surface area contributed by atoms with Gasteiger partial charge in [-0.1, -0.05) is 0 Å². The highest BCUT2D eigenvalue weighted by molar-refractivity contribution is 5.73. The summed E-state index contributed by atoms with van der Waals surface area (Å²) in [7, 11) is 0. The molecule has 6 aliphatic rings. The molecule has 6 rings (SSSR count). The molecule has 6 aliphatic heterocycles. The SMILES string of the molecule is CC(=O)N[C@H]1[C@H](O[C@H]2[C@H](O)[C@@H](NC(C)=O)C(O)O[C@@H]2CO[C@H]2O[C@H](C)[C@H](O)[C@H](O)[C@H]2O)O[C@H](CO)[C@@H](O[C@H]2O[C@@H](CO[C@@H]3O[C@@H](CO)[C@H](O)[C@@H](O)[C@H]3O)[C@H](O)[C@@H](O[C@@H]3O[C@@H](CO)[C@H](O)[C@@H](O)[C@H]3O)[C@H]2O)[C@@H]1O. The van der Waals surface area contributed by atoms with Crippen molar-refractivity contribution in [1.82, 2.24) is 10.6 Å². The summed E-state index contributed by atoms with van der Waals surface area (Å²) in [6.07, 6.45) is -51.4. The molecule has 2 amide bonds.